The van der Waals surface area contributed by atoms with Gasteiger partial charge in [0.15, 0.2) is 11.3 Å². The van der Waals surface area contributed by atoms with Crippen molar-refractivity contribution in [1.29, 1.82) is 0 Å². The second-order valence-corrected chi connectivity index (χ2v) is 4.82. The van der Waals surface area contributed by atoms with E-state index in [1.165, 1.54) is 22.9 Å². The molecule has 0 saturated heterocycles. The molecule has 1 aromatic carbocycles. The van der Waals surface area contributed by atoms with E-state index in [0.717, 1.165) is 17.2 Å². The number of halogens is 1. The van der Waals surface area contributed by atoms with E-state index >= 15 is 0 Å². The SMILES string of the molecule is COC(=O)c1nc2ccn(Cc3ccc(F)cc3)n2c(=O)c1O. The van der Waals surface area contributed by atoms with Gasteiger partial charge in [-0.05, 0) is 17.7 Å². The van der Waals surface area contributed by atoms with Crippen LogP contribution in [0.4, 0.5) is 4.39 Å². The highest BCUT2D eigenvalue weighted by molar-refractivity contribution is 5.90. The maximum Gasteiger partial charge on any atom is 0.360 e. The number of fused-ring (bicyclic) bond motifs is 1. The number of carbonyl (C=O) groups excluding carboxylic acids is 1. The van der Waals surface area contributed by atoms with Crippen molar-refractivity contribution >= 4 is 11.6 Å². The van der Waals surface area contributed by atoms with Crippen LogP contribution in [-0.2, 0) is 11.3 Å². The number of benzene rings is 1. The number of ether oxygens (including phenoxy) is 1. The third-order valence-electron chi connectivity index (χ3n) is 3.35. The second kappa shape index (κ2) is 5.56. The number of aromatic nitrogens is 3. The molecule has 0 aliphatic rings. The van der Waals surface area contributed by atoms with Gasteiger partial charge in [0.2, 0.25) is 5.75 Å². The van der Waals surface area contributed by atoms with Crippen LogP contribution in [0.1, 0.15) is 16.1 Å². The van der Waals surface area contributed by atoms with Crippen LogP contribution in [0.2, 0.25) is 0 Å². The van der Waals surface area contributed by atoms with E-state index in [1.54, 1.807) is 18.3 Å². The zero-order valence-corrected chi connectivity index (χ0v) is 12.1. The fourth-order valence-electron chi connectivity index (χ4n) is 2.24. The van der Waals surface area contributed by atoms with Gasteiger partial charge in [0.1, 0.15) is 5.82 Å². The Morgan fingerprint density at radius 3 is 2.65 bits per heavy atom. The molecule has 2 aromatic heterocycles. The van der Waals surface area contributed by atoms with E-state index in [-0.39, 0.29) is 18.0 Å². The zero-order valence-electron chi connectivity index (χ0n) is 12.1. The van der Waals surface area contributed by atoms with E-state index in [0.29, 0.717) is 0 Å². The highest BCUT2D eigenvalue weighted by atomic mass is 19.1. The minimum atomic E-state index is -0.895. The molecule has 118 valence electrons. The van der Waals surface area contributed by atoms with Crippen LogP contribution in [-0.4, -0.2) is 32.4 Å². The fraction of sp³-hybridized carbons (Fsp3) is 0.133. The van der Waals surface area contributed by atoms with Crippen LogP contribution in [0.15, 0.2) is 41.3 Å². The summed E-state index contributed by atoms with van der Waals surface area (Å²) in [5, 5.41) is 9.88. The van der Waals surface area contributed by atoms with Crippen LogP contribution < -0.4 is 5.56 Å². The van der Waals surface area contributed by atoms with Crippen molar-refractivity contribution in [2.75, 3.05) is 7.11 Å². The van der Waals surface area contributed by atoms with Gasteiger partial charge in [0, 0.05) is 12.3 Å². The molecule has 0 atom stereocenters. The van der Waals surface area contributed by atoms with Crippen molar-refractivity contribution in [1.82, 2.24) is 14.2 Å². The molecule has 0 bridgehead atoms. The van der Waals surface area contributed by atoms with E-state index in [2.05, 4.69) is 9.72 Å². The Hall–Kier alpha value is -3.16. The molecule has 0 aliphatic heterocycles. The maximum absolute atomic E-state index is 12.9. The van der Waals surface area contributed by atoms with Crippen molar-refractivity contribution in [3.63, 3.8) is 0 Å². The molecule has 0 radical (unpaired) electrons. The third-order valence-corrected chi connectivity index (χ3v) is 3.35. The number of nitrogens with zero attached hydrogens (tertiary/aromatic N) is 3. The highest BCUT2D eigenvalue weighted by Crippen LogP contribution is 2.13. The summed E-state index contributed by atoms with van der Waals surface area (Å²) in [7, 11) is 1.13. The fourth-order valence-corrected chi connectivity index (χ4v) is 2.24. The first-order valence-electron chi connectivity index (χ1n) is 6.65. The largest absolute Gasteiger partial charge is 0.501 e. The van der Waals surface area contributed by atoms with Gasteiger partial charge in [-0.3, -0.25) is 9.48 Å². The summed E-state index contributed by atoms with van der Waals surface area (Å²) in [6.07, 6.45) is 1.58. The first kappa shape index (κ1) is 14.8. The standard InChI is InChI=1S/C15H12FN3O4/c1-23-15(22)12-13(20)14(21)19-11(17-12)6-7-18(19)8-9-2-4-10(16)5-3-9/h2-7,20H,8H2,1H3. The summed E-state index contributed by atoms with van der Waals surface area (Å²) in [5.74, 6) is -2.04. The Kier molecular flexibility index (Phi) is 3.57. The van der Waals surface area contributed by atoms with Crippen LogP contribution in [0.5, 0.6) is 5.75 Å². The second-order valence-electron chi connectivity index (χ2n) is 4.82. The summed E-state index contributed by atoms with van der Waals surface area (Å²) in [4.78, 5) is 27.7. The molecular weight excluding hydrogens is 305 g/mol. The first-order valence-corrected chi connectivity index (χ1v) is 6.65. The molecule has 3 rings (SSSR count). The average molecular weight is 317 g/mol. The van der Waals surface area contributed by atoms with E-state index in [9.17, 15) is 19.1 Å². The van der Waals surface area contributed by atoms with Crippen molar-refractivity contribution in [3.05, 3.63) is 64.0 Å². The van der Waals surface area contributed by atoms with Gasteiger partial charge in [0.25, 0.3) is 0 Å². The molecule has 3 aromatic rings. The molecule has 0 spiro atoms. The topological polar surface area (TPSA) is 85.8 Å². The molecule has 0 fully saturated rings. The number of methoxy groups -OCH3 is 1. The first-order chi connectivity index (χ1) is 11.0. The number of carbonyl (C=O) groups is 1. The van der Waals surface area contributed by atoms with Gasteiger partial charge in [-0.2, -0.15) is 4.52 Å². The minimum Gasteiger partial charge on any atom is -0.501 e. The quantitative estimate of drug-likeness (QED) is 0.733. The molecule has 7 nitrogen and oxygen atoms in total. The van der Waals surface area contributed by atoms with E-state index in [4.69, 9.17) is 0 Å². The van der Waals surface area contributed by atoms with Gasteiger partial charge in [-0.1, -0.05) is 12.1 Å². The van der Waals surface area contributed by atoms with Gasteiger partial charge < -0.3 is 9.84 Å². The summed E-state index contributed by atoms with van der Waals surface area (Å²) in [6.45, 7) is 0.266. The van der Waals surface area contributed by atoms with Crippen molar-refractivity contribution in [2.24, 2.45) is 0 Å². The Labute approximate surface area is 129 Å². The van der Waals surface area contributed by atoms with Gasteiger partial charge >= 0.3 is 11.5 Å². The van der Waals surface area contributed by atoms with Crippen molar-refractivity contribution in [2.45, 2.75) is 6.54 Å². The maximum atomic E-state index is 12.9. The molecule has 0 unspecified atom stereocenters. The van der Waals surface area contributed by atoms with Crippen LogP contribution >= 0.6 is 0 Å². The zero-order chi connectivity index (χ0) is 16.6. The van der Waals surface area contributed by atoms with Gasteiger partial charge in [0.05, 0.1) is 13.7 Å². The van der Waals surface area contributed by atoms with Crippen molar-refractivity contribution < 1.29 is 19.0 Å². The number of aromatic hydroxyl groups is 1. The summed E-state index contributed by atoms with van der Waals surface area (Å²) in [5.41, 5.74) is -0.276. The summed E-state index contributed by atoms with van der Waals surface area (Å²) in [6, 6.07) is 7.32. The minimum absolute atomic E-state index is 0.190. The Balaban J connectivity index is 2.10. The smallest absolute Gasteiger partial charge is 0.360 e. The van der Waals surface area contributed by atoms with Gasteiger partial charge in [-0.15, -0.1) is 0 Å². The molecule has 1 N–H and O–H groups in total. The van der Waals surface area contributed by atoms with Crippen LogP contribution in [0.25, 0.3) is 5.65 Å². The number of hydrogen-bond donors (Lipinski definition) is 1. The predicted octanol–water partition coefficient (Wildman–Crippen LogP) is 1.18. The van der Waals surface area contributed by atoms with E-state index < -0.39 is 23.0 Å². The molecular formula is C15H12FN3O4. The lowest BCUT2D eigenvalue weighted by Gasteiger charge is -2.08. The number of rotatable bonds is 3. The number of esters is 1. The predicted molar refractivity (Wildman–Crippen MR) is 78.0 cm³/mol. The summed E-state index contributed by atoms with van der Waals surface area (Å²) < 4.78 is 20.1. The lowest BCUT2D eigenvalue weighted by molar-refractivity contribution is 0.0590. The Morgan fingerprint density at radius 2 is 2.00 bits per heavy atom. The van der Waals surface area contributed by atoms with Gasteiger partial charge in [-0.25, -0.2) is 14.2 Å². The molecule has 0 saturated carbocycles. The molecule has 23 heavy (non-hydrogen) atoms. The molecule has 0 aliphatic carbocycles. The van der Waals surface area contributed by atoms with Crippen LogP contribution in [0, 0.1) is 5.82 Å². The molecule has 0 amide bonds. The normalized spacial score (nSPS) is 10.9. The lowest BCUT2D eigenvalue weighted by Crippen LogP contribution is -2.24. The Bertz CT molecular complexity index is 944. The monoisotopic (exact) mass is 317 g/mol. The average Bonchev–Trinajstić information content (AvgIpc) is 2.95. The highest BCUT2D eigenvalue weighted by Gasteiger charge is 2.20. The molecule has 2 heterocycles. The number of hydrogen-bond acceptors (Lipinski definition) is 5. The Morgan fingerprint density at radius 1 is 1.30 bits per heavy atom. The third kappa shape index (κ3) is 2.54. The lowest BCUT2D eigenvalue weighted by atomic mass is 10.2. The van der Waals surface area contributed by atoms with Crippen molar-refractivity contribution in [3.8, 4) is 5.75 Å². The van der Waals surface area contributed by atoms with E-state index in [1.807, 2.05) is 0 Å². The van der Waals surface area contributed by atoms with Crippen LogP contribution in [0.3, 0.4) is 0 Å². The summed E-state index contributed by atoms with van der Waals surface area (Å²) >= 11 is 0. The molecule has 8 heteroatoms.